The summed E-state index contributed by atoms with van der Waals surface area (Å²) < 4.78 is 25.2. The van der Waals surface area contributed by atoms with Crippen LogP contribution in [0.3, 0.4) is 0 Å². The fourth-order valence-corrected chi connectivity index (χ4v) is 3.78. The Bertz CT molecular complexity index is 1050. The largest absolute Gasteiger partial charge is 0.491 e. The lowest BCUT2D eigenvalue weighted by Crippen LogP contribution is -2.37. The predicted octanol–water partition coefficient (Wildman–Crippen LogP) is 4.45. The Morgan fingerprint density at radius 2 is 2.06 bits per heavy atom. The fourth-order valence-electron chi connectivity index (χ4n) is 3.64. The first kappa shape index (κ1) is 22.5. The molecule has 0 spiro atoms. The van der Waals surface area contributed by atoms with Crippen molar-refractivity contribution < 1.29 is 13.9 Å². The number of fused-ring (bicyclic) bond motifs is 1. The van der Waals surface area contributed by atoms with Crippen molar-refractivity contribution >= 4 is 34.0 Å². The normalized spacial score (nSPS) is 17.3. The summed E-state index contributed by atoms with van der Waals surface area (Å²) in [6, 6.07) is 3.87. The van der Waals surface area contributed by atoms with Gasteiger partial charge in [0, 0.05) is 50.3 Å². The summed E-state index contributed by atoms with van der Waals surface area (Å²) in [6.07, 6.45) is 7.56. The van der Waals surface area contributed by atoms with Gasteiger partial charge in [-0.3, -0.25) is 4.90 Å². The molecule has 1 fully saturated rings. The summed E-state index contributed by atoms with van der Waals surface area (Å²) in [7, 11) is 1.85. The van der Waals surface area contributed by atoms with Gasteiger partial charge in [-0.05, 0) is 24.6 Å². The van der Waals surface area contributed by atoms with Gasteiger partial charge < -0.3 is 20.1 Å². The van der Waals surface area contributed by atoms with Crippen molar-refractivity contribution in [1.29, 1.82) is 0 Å². The number of anilines is 2. The molecule has 0 amide bonds. The molecule has 0 saturated carbocycles. The molecule has 0 atom stereocenters. The van der Waals surface area contributed by atoms with Gasteiger partial charge in [-0.1, -0.05) is 17.7 Å². The van der Waals surface area contributed by atoms with Crippen molar-refractivity contribution in [2.45, 2.75) is 12.8 Å². The van der Waals surface area contributed by atoms with Gasteiger partial charge >= 0.3 is 0 Å². The molecule has 7 nitrogen and oxygen atoms in total. The summed E-state index contributed by atoms with van der Waals surface area (Å²) in [5.74, 6) is 0.943. The number of benzene rings is 1. The maximum absolute atomic E-state index is 13.7. The molecule has 170 valence electrons. The van der Waals surface area contributed by atoms with Crippen molar-refractivity contribution in [3.05, 3.63) is 53.2 Å². The first-order chi connectivity index (χ1) is 15.6. The molecule has 0 radical (unpaired) electrons. The Labute approximate surface area is 192 Å². The Hall–Kier alpha value is -2.68. The molecule has 0 unspecified atom stereocenters. The molecular formula is C23H27ClFN5O2. The number of allylic oxidation sites excluding steroid dienone is 5. The van der Waals surface area contributed by atoms with Crippen LogP contribution in [0.5, 0.6) is 5.75 Å². The lowest BCUT2D eigenvalue weighted by atomic mass is 10.2. The SMILES string of the molecule is CNc1cc2c(NC3=CCC(Cl)=C(F)C=C3)ncnc2cc1OCCCN1CCOCC1. The Kier molecular flexibility index (Phi) is 7.57. The van der Waals surface area contributed by atoms with Crippen LogP contribution in [0.2, 0.25) is 0 Å². The van der Waals surface area contributed by atoms with Gasteiger partial charge in [-0.2, -0.15) is 0 Å². The molecule has 1 aromatic heterocycles. The van der Waals surface area contributed by atoms with Crippen LogP contribution in [0.4, 0.5) is 15.9 Å². The Balaban J connectivity index is 1.46. The highest BCUT2D eigenvalue weighted by atomic mass is 35.5. The van der Waals surface area contributed by atoms with Gasteiger partial charge in [-0.25, -0.2) is 14.4 Å². The third kappa shape index (κ3) is 5.56. The van der Waals surface area contributed by atoms with Crippen LogP contribution in [0.25, 0.3) is 10.9 Å². The van der Waals surface area contributed by atoms with Crippen molar-refractivity contribution in [2.24, 2.45) is 0 Å². The van der Waals surface area contributed by atoms with Crippen LogP contribution in [-0.4, -0.2) is 61.4 Å². The van der Waals surface area contributed by atoms with Gasteiger partial charge in [0.1, 0.15) is 23.7 Å². The van der Waals surface area contributed by atoms with E-state index in [2.05, 4.69) is 25.5 Å². The molecule has 2 aromatic rings. The number of morpholine rings is 1. The van der Waals surface area contributed by atoms with E-state index in [4.69, 9.17) is 21.1 Å². The van der Waals surface area contributed by atoms with E-state index in [1.54, 1.807) is 6.08 Å². The minimum absolute atomic E-state index is 0.179. The van der Waals surface area contributed by atoms with E-state index < -0.39 is 5.83 Å². The van der Waals surface area contributed by atoms with Crippen LogP contribution in [-0.2, 0) is 4.74 Å². The second-order valence-electron chi connectivity index (χ2n) is 7.57. The minimum atomic E-state index is -0.430. The minimum Gasteiger partial charge on any atom is -0.491 e. The van der Waals surface area contributed by atoms with Crippen LogP contribution in [0, 0.1) is 0 Å². The average Bonchev–Trinajstić information content (AvgIpc) is 2.98. The molecule has 9 heteroatoms. The first-order valence-electron chi connectivity index (χ1n) is 10.7. The Morgan fingerprint density at radius 3 is 2.88 bits per heavy atom. The second kappa shape index (κ2) is 10.8. The molecule has 32 heavy (non-hydrogen) atoms. The number of ether oxygens (including phenoxy) is 2. The van der Waals surface area contributed by atoms with Gasteiger partial charge in [0.05, 0.1) is 36.1 Å². The van der Waals surface area contributed by atoms with E-state index >= 15 is 0 Å². The zero-order chi connectivity index (χ0) is 22.3. The van der Waals surface area contributed by atoms with E-state index in [1.165, 1.54) is 12.4 Å². The first-order valence-corrected chi connectivity index (χ1v) is 11.1. The van der Waals surface area contributed by atoms with Crippen molar-refractivity contribution in [3.63, 3.8) is 0 Å². The number of nitrogens with zero attached hydrogens (tertiary/aromatic N) is 3. The molecule has 1 saturated heterocycles. The molecule has 1 aliphatic heterocycles. The van der Waals surface area contributed by atoms with Crippen molar-refractivity contribution in [2.75, 3.05) is 57.1 Å². The maximum Gasteiger partial charge on any atom is 0.144 e. The zero-order valence-electron chi connectivity index (χ0n) is 18.0. The summed E-state index contributed by atoms with van der Waals surface area (Å²) in [4.78, 5) is 11.2. The molecule has 0 bridgehead atoms. The topological polar surface area (TPSA) is 71.5 Å². The molecule has 2 N–H and O–H groups in total. The summed E-state index contributed by atoms with van der Waals surface area (Å²) in [6.45, 7) is 5.16. The highest BCUT2D eigenvalue weighted by Crippen LogP contribution is 2.33. The monoisotopic (exact) mass is 459 g/mol. The van der Waals surface area contributed by atoms with Crippen LogP contribution in [0.1, 0.15) is 12.8 Å². The van der Waals surface area contributed by atoms with Crippen molar-refractivity contribution in [1.82, 2.24) is 14.9 Å². The summed E-state index contributed by atoms with van der Waals surface area (Å²) in [5.41, 5.74) is 2.32. The molecule has 2 heterocycles. The second-order valence-corrected chi connectivity index (χ2v) is 8.02. The van der Waals surface area contributed by atoms with E-state index in [9.17, 15) is 4.39 Å². The number of nitrogens with one attached hydrogen (secondary N) is 2. The number of rotatable bonds is 8. The number of hydrogen-bond acceptors (Lipinski definition) is 7. The van der Waals surface area contributed by atoms with E-state index in [0.717, 1.165) is 61.6 Å². The lowest BCUT2D eigenvalue weighted by molar-refractivity contribution is 0.0358. The standard InChI is InChI=1S/C23H27ClFN5O2/c1-26-21-13-17-20(14-22(21)32-10-2-7-30-8-11-31-12-9-30)27-15-28-23(17)29-16-3-5-18(24)19(25)6-4-16/h3-4,6,13-15,26H,2,5,7-12H2,1H3,(H,27,28,29). The zero-order valence-corrected chi connectivity index (χ0v) is 18.8. The van der Waals surface area contributed by atoms with E-state index in [-0.39, 0.29) is 5.03 Å². The van der Waals surface area contributed by atoms with E-state index in [1.807, 2.05) is 25.3 Å². The van der Waals surface area contributed by atoms with Gasteiger partial charge in [0.25, 0.3) is 0 Å². The quantitative estimate of drug-likeness (QED) is 0.565. The highest BCUT2D eigenvalue weighted by Gasteiger charge is 2.13. The lowest BCUT2D eigenvalue weighted by Gasteiger charge is -2.26. The predicted molar refractivity (Wildman–Crippen MR) is 126 cm³/mol. The summed E-state index contributed by atoms with van der Waals surface area (Å²) >= 11 is 5.91. The summed E-state index contributed by atoms with van der Waals surface area (Å²) in [5, 5.41) is 7.45. The van der Waals surface area contributed by atoms with Gasteiger partial charge in [0.2, 0.25) is 0 Å². The molecule has 1 aliphatic carbocycles. The third-order valence-corrected chi connectivity index (χ3v) is 5.75. The van der Waals surface area contributed by atoms with Gasteiger partial charge in [-0.15, -0.1) is 0 Å². The van der Waals surface area contributed by atoms with Crippen molar-refractivity contribution in [3.8, 4) is 5.75 Å². The number of aromatic nitrogens is 2. The molecule has 4 rings (SSSR count). The van der Waals surface area contributed by atoms with Crippen LogP contribution in [0.15, 0.2) is 53.2 Å². The molecule has 2 aliphatic rings. The van der Waals surface area contributed by atoms with Crippen LogP contribution < -0.4 is 15.4 Å². The van der Waals surface area contributed by atoms with E-state index in [0.29, 0.717) is 24.5 Å². The smallest absolute Gasteiger partial charge is 0.144 e. The maximum atomic E-state index is 13.7. The Morgan fingerprint density at radius 1 is 1.22 bits per heavy atom. The average molecular weight is 460 g/mol. The highest BCUT2D eigenvalue weighted by molar-refractivity contribution is 6.30. The molecular weight excluding hydrogens is 433 g/mol. The molecule has 1 aromatic carbocycles. The number of hydrogen-bond donors (Lipinski definition) is 2. The number of halogens is 2. The van der Waals surface area contributed by atoms with Crippen LogP contribution >= 0.6 is 11.6 Å². The fraction of sp³-hybridized carbons (Fsp3) is 0.391. The van der Waals surface area contributed by atoms with Gasteiger partial charge in [0.15, 0.2) is 0 Å². The third-order valence-electron chi connectivity index (χ3n) is 5.42.